The van der Waals surface area contributed by atoms with Gasteiger partial charge in [-0.05, 0) is 27.7 Å². The van der Waals surface area contributed by atoms with Crippen LogP contribution in [0, 0.1) is 0 Å². The Morgan fingerprint density at radius 3 is 2.18 bits per heavy atom. The van der Waals surface area contributed by atoms with Crippen LogP contribution in [-0.4, -0.2) is 54.8 Å². The Hall–Kier alpha value is -0.660. The molecule has 0 heterocycles. The first kappa shape index (κ1) is 16.3. The number of sulfonamides is 1. The maximum atomic E-state index is 11.9. The lowest BCUT2D eigenvalue weighted by atomic mass is 10.4. The first-order chi connectivity index (χ1) is 7.66. The molecule has 17 heavy (non-hydrogen) atoms. The van der Waals surface area contributed by atoms with E-state index < -0.39 is 22.5 Å². The molecule has 0 unspecified atom stereocenters. The molecular formula is C10H21NO5S. The molecule has 0 aromatic carbocycles. The van der Waals surface area contributed by atoms with E-state index in [0.717, 1.165) is 4.31 Å². The van der Waals surface area contributed by atoms with Crippen LogP contribution in [0.5, 0.6) is 0 Å². The Morgan fingerprint density at radius 1 is 1.29 bits per heavy atom. The van der Waals surface area contributed by atoms with Crippen molar-refractivity contribution in [3.05, 3.63) is 0 Å². The van der Waals surface area contributed by atoms with Gasteiger partial charge in [0.15, 0.2) is 0 Å². The number of carbonyl (C=O) groups is 1. The van der Waals surface area contributed by atoms with E-state index in [2.05, 4.69) is 0 Å². The summed E-state index contributed by atoms with van der Waals surface area (Å²) in [5.41, 5.74) is 0. The quantitative estimate of drug-likeness (QED) is 0.693. The molecule has 102 valence electrons. The molecule has 0 saturated carbocycles. The van der Waals surface area contributed by atoms with Crippen molar-refractivity contribution < 1.29 is 23.1 Å². The number of carboxylic acids is 1. The third-order valence-electron chi connectivity index (χ3n) is 2.02. The number of hydrogen-bond donors (Lipinski definition) is 1. The smallest absolute Gasteiger partial charge is 0.318 e. The van der Waals surface area contributed by atoms with Crippen LogP contribution in [-0.2, 0) is 19.6 Å². The lowest BCUT2D eigenvalue weighted by molar-refractivity contribution is -0.137. The van der Waals surface area contributed by atoms with Crippen LogP contribution in [0.15, 0.2) is 0 Å². The largest absolute Gasteiger partial charge is 0.480 e. The summed E-state index contributed by atoms with van der Waals surface area (Å²) in [6.45, 7) is 6.46. The minimum atomic E-state index is -3.58. The Kier molecular flexibility index (Phi) is 6.66. The van der Waals surface area contributed by atoms with Crippen LogP contribution in [0.25, 0.3) is 0 Å². The maximum absolute atomic E-state index is 11.9. The molecule has 0 amide bonds. The normalized spacial score (nSPS) is 12.6. The fraction of sp³-hybridized carbons (Fsp3) is 0.900. The monoisotopic (exact) mass is 267 g/mol. The fourth-order valence-electron chi connectivity index (χ4n) is 1.24. The van der Waals surface area contributed by atoms with Gasteiger partial charge in [-0.15, -0.1) is 0 Å². The zero-order valence-corrected chi connectivity index (χ0v) is 11.5. The number of hydrogen-bond acceptors (Lipinski definition) is 4. The topological polar surface area (TPSA) is 83.9 Å². The number of aliphatic carboxylic acids is 1. The molecule has 0 spiro atoms. The second kappa shape index (κ2) is 6.93. The molecule has 0 rings (SSSR count). The van der Waals surface area contributed by atoms with Gasteiger partial charge in [-0.1, -0.05) is 0 Å². The van der Waals surface area contributed by atoms with Crippen molar-refractivity contribution in [2.24, 2.45) is 0 Å². The van der Waals surface area contributed by atoms with E-state index in [9.17, 15) is 13.2 Å². The maximum Gasteiger partial charge on any atom is 0.318 e. The van der Waals surface area contributed by atoms with E-state index in [1.54, 1.807) is 13.8 Å². The van der Waals surface area contributed by atoms with E-state index in [-0.39, 0.29) is 24.5 Å². The van der Waals surface area contributed by atoms with Gasteiger partial charge in [0.1, 0.15) is 6.54 Å². The molecule has 0 saturated heterocycles. The highest BCUT2D eigenvalue weighted by atomic mass is 32.2. The van der Waals surface area contributed by atoms with Crippen molar-refractivity contribution in [3.8, 4) is 0 Å². The van der Waals surface area contributed by atoms with Gasteiger partial charge in [0.05, 0.1) is 18.5 Å². The SMILES string of the molecule is CC(C)OCCS(=O)(=O)N(CC(=O)O)C(C)C. The Balaban J connectivity index is 4.56. The predicted molar refractivity (Wildman–Crippen MR) is 64.4 cm³/mol. The molecule has 0 aliphatic rings. The van der Waals surface area contributed by atoms with Gasteiger partial charge in [0.2, 0.25) is 10.0 Å². The van der Waals surface area contributed by atoms with Crippen LogP contribution in [0.3, 0.4) is 0 Å². The van der Waals surface area contributed by atoms with Crippen molar-refractivity contribution in [3.63, 3.8) is 0 Å². The summed E-state index contributed by atoms with van der Waals surface area (Å²) in [5, 5.41) is 8.67. The van der Waals surface area contributed by atoms with Crippen molar-refractivity contribution in [1.82, 2.24) is 4.31 Å². The molecule has 0 bridgehead atoms. The molecular weight excluding hydrogens is 246 g/mol. The average Bonchev–Trinajstić information content (AvgIpc) is 2.12. The molecule has 0 aliphatic heterocycles. The van der Waals surface area contributed by atoms with Crippen molar-refractivity contribution >= 4 is 16.0 Å². The van der Waals surface area contributed by atoms with Crippen LogP contribution in [0.1, 0.15) is 27.7 Å². The van der Waals surface area contributed by atoms with Crippen LogP contribution >= 0.6 is 0 Å². The van der Waals surface area contributed by atoms with Gasteiger partial charge in [-0.2, -0.15) is 4.31 Å². The van der Waals surface area contributed by atoms with Crippen molar-refractivity contribution in [2.45, 2.75) is 39.8 Å². The van der Waals surface area contributed by atoms with E-state index in [4.69, 9.17) is 9.84 Å². The van der Waals surface area contributed by atoms with Crippen molar-refractivity contribution in [2.75, 3.05) is 18.9 Å². The summed E-state index contributed by atoms with van der Waals surface area (Å²) >= 11 is 0. The molecule has 0 aromatic rings. The zero-order valence-electron chi connectivity index (χ0n) is 10.7. The van der Waals surface area contributed by atoms with Crippen molar-refractivity contribution in [1.29, 1.82) is 0 Å². The van der Waals surface area contributed by atoms with E-state index >= 15 is 0 Å². The molecule has 0 fully saturated rings. The van der Waals surface area contributed by atoms with E-state index in [1.807, 2.05) is 13.8 Å². The highest BCUT2D eigenvalue weighted by molar-refractivity contribution is 7.89. The first-order valence-electron chi connectivity index (χ1n) is 5.49. The highest BCUT2D eigenvalue weighted by Gasteiger charge is 2.26. The second-order valence-corrected chi connectivity index (χ2v) is 6.31. The van der Waals surface area contributed by atoms with Gasteiger partial charge in [-0.25, -0.2) is 8.42 Å². The van der Waals surface area contributed by atoms with E-state index in [1.165, 1.54) is 0 Å². The standard InChI is InChI=1S/C10H21NO5S/c1-8(2)11(7-10(12)13)17(14,15)6-5-16-9(3)4/h8-9H,5-7H2,1-4H3,(H,12,13). The summed E-state index contributed by atoms with van der Waals surface area (Å²) in [6.07, 6.45) is -0.0443. The van der Waals surface area contributed by atoms with Crippen LogP contribution in [0.4, 0.5) is 0 Å². The first-order valence-corrected chi connectivity index (χ1v) is 7.10. The van der Waals surface area contributed by atoms with Gasteiger partial charge < -0.3 is 9.84 Å². The third-order valence-corrected chi connectivity index (χ3v) is 3.96. The Labute approximate surface area is 103 Å². The number of carboxylic acid groups (broad SMARTS) is 1. The minimum absolute atomic E-state index is 0.0443. The molecule has 0 atom stereocenters. The van der Waals surface area contributed by atoms with Gasteiger partial charge >= 0.3 is 5.97 Å². The summed E-state index contributed by atoms with van der Waals surface area (Å²) in [4.78, 5) is 10.6. The Morgan fingerprint density at radius 2 is 1.82 bits per heavy atom. The van der Waals surface area contributed by atoms with Gasteiger partial charge in [0.25, 0.3) is 0 Å². The zero-order chi connectivity index (χ0) is 13.6. The molecule has 0 aliphatic carbocycles. The molecule has 0 aromatic heterocycles. The number of rotatable bonds is 8. The highest BCUT2D eigenvalue weighted by Crippen LogP contribution is 2.07. The van der Waals surface area contributed by atoms with Gasteiger partial charge in [-0.3, -0.25) is 4.79 Å². The summed E-state index contributed by atoms with van der Waals surface area (Å²) < 4.78 is 29.9. The molecule has 6 nitrogen and oxygen atoms in total. The molecule has 1 N–H and O–H groups in total. The molecule has 7 heteroatoms. The minimum Gasteiger partial charge on any atom is -0.480 e. The number of nitrogens with zero attached hydrogens (tertiary/aromatic N) is 1. The van der Waals surface area contributed by atoms with Gasteiger partial charge in [0, 0.05) is 6.04 Å². The summed E-state index contributed by atoms with van der Waals surface area (Å²) in [7, 11) is -3.58. The number of ether oxygens (including phenoxy) is 1. The second-order valence-electron chi connectivity index (χ2n) is 4.27. The molecule has 0 radical (unpaired) electrons. The summed E-state index contributed by atoms with van der Waals surface area (Å²) in [6, 6.07) is -0.379. The lowest BCUT2D eigenvalue weighted by Crippen LogP contribution is -2.42. The fourth-order valence-corrected chi connectivity index (χ4v) is 2.73. The third kappa shape index (κ3) is 6.60. The van der Waals surface area contributed by atoms with E-state index in [0.29, 0.717) is 0 Å². The predicted octanol–water partition coefficient (Wildman–Crippen LogP) is 0.536. The van der Waals surface area contributed by atoms with Crippen LogP contribution < -0.4 is 0 Å². The lowest BCUT2D eigenvalue weighted by Gasteiger charge is -2.24. The average molecular weight is 267 g/mol. The Bertz CT molecular complexity index is 337. The van der Waals surface area contributed by atoms with Crippen LogP contribution in [0.2, 0.25) is 0 Å². The summed E-state index contributed by atoms with van der Waals surface area (Å²) in [5.74, 6) is -1.36.